The molecule has 0 amide bonds. The van der Waals surface area contributed by atoms with Gasteiger partial charge in [0.25, 0.3) is 0 Å². The first-order valence-corrected chi connectivity index (χ1v) is 3.87. The fraction of sp³-hybridized carbons (Fsp3) is 0.125. The fourth-order valence-corrected chi connectivity index (χ4v) is 1.11. The second-order valence-electron chi connectivity index (χ2n) is 2.71. The summed E-state index contributed by atoms with van der Waals surface area (Å²) in [6.45, 7) is 1.96. The van der Waals surface area contributed by atoms with Crippen LogP contribution in [0, 0.1) is 6.92 Å². The zero-order valence-corrected chi connectivity index (χ0v) is 7.15. The molecule has 0 saturated heterocycles. The van der Waals surface area contributed by atoms with Gasteiger partial charge in [-0.25, -0.2) is 0 Å². The van der Waals surface area contributed by atoms with E-state index in [-0.39, 0.29) is 5.95 Å². The van der Waals surface area contributed by atoms with Gasteiger partial charge in [-0.1, -0.05) is 6.07 Å². The van der Waals surface area contributed by atoms with Gasteiger partial charge in [-0.05, 0) is 18.6 Å². The largest absolute Gasteiger partial charge is 0.366 e. The van der Waals surface area contributed by atoms with Gasteiger partial charge in [-0.3, -0.25) is 10.1 Å². The molecule has 2 heterocycles. The highest BCUT2D eigenvalue weighted by Crippen LogP contribution is 2.15. The van der Waals surface area contributed by atoms with Gasteiger partial charge in [0.05, 0.1) is 0 Å². The topological polar surface area (TPSA) is 80.5 Å². The van der Waals surface area contributed by atoms with E-state index in [1.807, 2.05) is 19.1 Å². The average Bonchev–Trinajstić information content (AvgIpc) is 2.53. The monoisotopic (exact) mass is 175 g/mol. The maximum Gasteiger partial charge on any atom is 0.239 e. The summed E-state index contributed by atoms with van der Waals surface area (Å²) in [4.78, 5) is 8.16. The average molecular weight is 175 g/mol. The van der Waals surface area contributed by atoms with E-state index in [4.69, 9.17) is 5.73 Å². The number of nitrogens with zero attached hydrogens (tertiary/aromatic N) is 3. The lowest BCUT2D eigenvalue weighted by Gasteiger charge is -1.97. The Hall–Kier alpha value is -1.91. The first kappa shape index (κ1) is 7.72. The minimum Gasteiger partial charge on any atom is -0.366 e. The van der Waals surface area contributed by atoms with Crippen molar-refractivity contribution in [3.8, 4) is 11.5 Å². The van der Waals surface area contributed by atoms with Crippen molar-refractivity contribution in [1.29, 1.82) is 0 Å². The van der Waals surface area contributed by atoms with E-state index in [1.165, 1.54) is 0 Å². The summed E-state index contributed by atoms with van der Waals surface area (Å²) in [6, 6.07) is 3.83. The Morgan fingerprint density at radius 2 is 2.31 bits per heavy atom. The second kappa shape index (κ2) is 2.85. The van der Waals surface area contributed by atoms with E-state index in [0.29, 0.717) is 5.82 Å². The normalized spacial score (nSPS) is 10.2. The maximum absolute atomic E-state index is 5.38. The van der Waals surface area contributed by atoms with E-state index in [2.05, 4.69) is 20.2 Å². The van der Waals surface area contributed by atoms with Gasteiger partial charge in [-0.15, -0.1) is 5.10 Å². The number of rotatable bonds is 1. The molecular weight excluding hydrogens is 166 g/mol. The van der Waals surface area contributed by atoms with Gasteiger partial charge in [0.2, 0.25) is 5.95 Å². The number of hydrogen-bond acceptors (Lipinski definition) is 4. The van der Waals surface area contributed by atoms with Crippen LogP contribution in [0.25, 0.3) is 11.5 Å². The van der Waals surface area contributed by atoms with E-state index >= 15 is 0 Å². The third kappa shape index (κ3) is 1.35. The van der Waals surface area contributed by atoms with Crippen molar-refractivity contribution in [2.45, 2.75) is 6.92 Å². The molecule has 2 rings (SSSR count). The van der Waals surface area contributed by atoms with Crippen LogP contribution in [0.3, 0.4) is 0 Å². The van der Waals surface area contributed by atoms with Gasteiger partial charge in [-0.2, -0.15) is 4.98 Å². The van der Waals surface area contributed by atoms with Gasteiger partial charge in [0.1, 0.15) is 5.69 Å². The zero-order chi connectivity index (χ0) is 9.26. The number of aromatic amines is 1. The SMILES string of the molecule is Cc1cccnc1-c1nc(N)n[nH]1. The minimum atomic E-state index is 0.236. The molecular formula is C8H9N5. The lowest BCUT2D eigenvalue weighted by Crippen LogP contribution is -1.89. The predicted octanol–water partition coefficient (Wildman–Crippen LogP) is 0.757. The first-order chi connectivity index (χ1) is 6.27. The lowest BCUT2D eigenvalue weighted by atomic mass is 10.2. The third-order valence-electron chi connectivity index (χ3n) is 1.74. The molecule has 0 aliphatic carbocycles. The predicted molar refractivity (Wildman–Crippen MR) is 48.8 cm³/mol. The number of aryl methyl sites for hydroxylation is 1. The van der Waals surface area contributed by atoms with Crippen LogP contribution < -0.4 is 5.73 Å². The van der Waals surface area contributed by atoms with Crippen LogP contribution in [0.15, 0.2) is 18.3 Å². The Morgan fingerprint density at radius 1 is 1.46 bits per heavy atom. The Bertz CT molecular complexity index is 420. The summed E-state index contributed by atoms with van der Waals surface area (Å²) in [6.07, 6.45) is 1.71. The molecule has 0 aliphatic rings. The number of H-pyrrole nitrogens is 1. The van der Waals surface area contributed by atoms with E-state index < -0.39 is 0 Å². The van der Waals surface area contributed by atoms with Crippen molar-refractivity contribution >= 4 is 5.95 Å². The number of hydrogen-bond donors (Lipinski definition) is 2. The van der Waals surface area contributed by atoms with E-state index in [9.17, 15) is 0 Å². The fourth-order valence-electron chi connectivity index (χ4n) is 1.11. The molecule has 13 heavy (non-hydrogen) atoms. The van der Waals surface area contributed by atoms with Crippen molar-refractivity contribution in [3.63, 3.8) is 0 Å². The van der Waals surface area contributed by atoms with Crippen LogP contribution in [-0.2, 0) is 0 Å². The maximum atomic E-state index is 5.38. The highest BCUT2D eigenvalue weighted by molar-refractivity contribution is 5.54. The standard InChI is InChI=1S/C8H9N5/c1-5-3-2-4-10-6(5)7-11-8(9)13-12-7/h2-4H,1H3,(H3,9,11,12,13). The van der Waals surface area contributed by atoms with Crippen LogP contribution >= 0.6 is 0 Å². The molecule has 0 bridgehead atoms. The molecule has 0 unspecified atom stereocenters. The van der Waals surface area contributed by atoms with Gasteiger partial charge < -0.3 is 5.73 Å². The molecule has 66 valence electrons. The molecule has 5 heteroatoms. The Morgan fingerprint density at radius 3 is 2.92 bits per heavy atom. The summed E-state index contributed by atoms with van der Waals surface area (Å²) in [5.74, 6) is 0.843. The molecule has 0 radical (unpaired) electrons. The highest BCUT2D eigenvalue weighted by Gasteiger charge is 2.06. The summed E-state index contributed by atoms with van der Waals surface area (Å²) in [5, 5.41) is 6.45. The number of anilines is 1. The van der Waals surface area contributed by atoms with Crippen molar-refractivity contribution in [1.82, 2.24) is 20.2 Å². The van der Waals surface area contributed by atoms with Crippen molar-refractivity contribution in [2.75, 3.05) is 5.73 Å². The summed E-state index contributed by atoms with van der Waals surface area (Å²) < 4.78 is 0. The number of nitrogen functional groups attached to an aromatic ring is 1. The molecule has 0 aliphatic heterocycles. The first-order valence-electron chi connectivity index (χ1n) is 3.87. The molecule has 0 spiro atoms. The summed E-state index contributed by atoms with van der Waals surface area (Å²) in [5.41, 5.74) is 7.21. The molecule has 5 nitrogen and oxygen atoms in total. The number of nitrogens with two attached hydrogens (primary N) is 1. The molecule has 3 N–H and O–H groups in total. The zero-order valence-electron chi connectivity index (χ0n) is 7.15. The van der Waals surface area contributed by atoms with Crippen LogP contribution in [0.2, 0.25) is 0 Å². The quantitative estimate of drug-likeness (QED) is 0.670. The molecule has 0 atom stereocenters. The van der Waals surface area contributed by atoms with Crippen molar-refractivity contribution < 1.29 is 0 Å². The smallest absolute Gasteiger partial charge is 0.239 e. The van der Waals surface area contributed by atoms with Gasteiger partial charge >= 0.3 is 0 Å². The van der Waals surface area contributed by atoms with Crippen LogP contribution in [0.4, 0.5) is 5.95 Å². The number of nitrogens with one attached hydrogen (secondary N) is 1. The number of aromatic nitrogens is 4. The van der Waals surface area contributed by atoms with E-state index in [1.54, 1.807) is 6.20 Å². The van der Waals surface area contributed by atoms with Crippen LogP contribution in [-0.4, -0.2) is 20.2 Å². The minimum absolute atomic E-state index is 0.236. The van der Waals surface area contributed by atoms with Crippen molar-refractivity contribution in [3.05, 3.63) is 23.9 Å². The highest BCUT2D eigenvalue weighted by atomic mass is 15.3. The molecule has 2 aromatic heterocycles. The van der Waals surface area contributed by atoms with E-state index in [0.717, 1.165) is 11.3 Å². The van der Waals surface area contributed by atoms with Crippen molar-refractivity contribution in [2.24, 2.45) is 0 Å². The molecule has 0 aromatic carbocycles. The van der Waals surface area contributed by atoms with Crippen LogP contribution in [0.1, 0.15) is 5.56 Å². The molecule has 2 aromatic rings. The molecule has 0 saturated carbocycles. The molecule has 0 fully saturated rings. The Labute approximate surface area is 75.0 Å². The third-order valence-corrected chi connectivity index (χ3v) is 1.74. The number of pyridine rings is 1. The van der Waals surface area contributed by atoms with Crippen LogP contribution in [0.5, 0.6) is 0 Å². The second-order valence-corrected chi connectivity index (χ2v) is 2.71. The summed E-state index contributed by atoms with van der Waals surface area (Å²) >= 11 is 0. The summed E-state index contributed by atoms with van der Waals surface area (Å²) in [7, 11) is 0. The Balaban J connectivity index is 2.52. The Kier molecular flexibility index (Phi) is 1.70. The van der Waals surface area contributed by atoms with Gasteiger partial charge in [0, 0.05) is 6.20 Å². The van der Waals surface area contributed by atoms with Gasteiger partial charge in [0.15, 0.2) is 5.82 Å². The lowest BCUT2D eigenvalue weighted by molar-refractivity contribution is 1.09.